The van der Waals surface area contributed by atoms with Gasteiger partial charge in [0.15, 0.2) is 0 Å². The molecule has 1 N–H and O–H groups in total. The van der Waals surface area contributed by atoms with Crippen LogP contribution in [0.1, 0.15) is 44.6 Å². The van der Waals surface area contributed by atoms with Crippen molar-refractivity contribution in [3.63, 3.8) is 0 Å². The van der Waals surface area contributed by atoms with Crippen molar-refractivity contribution >= 4 is 29.3 Å². The maximum Gasteiger partial charge on any atom is 0.328 e. The molecule has 1 aromatic carbocycles. The molecule has 1 atom stereocenters. The van der Waals surface area contributed by atoms with E-state index in [1.54, 1.807) is 6.08 Å². The molecule has 1 fully saturated rings. The first-order chi connectivity index (χ1) is 10.1. The molecule has 0 aromatic heterocycles. The molecule has 1 aromatic rings. The van der Waals surface area contributed by atoms with Crippen molar-refractivity contribution in [1.29, 1.82) is 0 Å². The predicted octanol–water partition coefficient (Wildman–Crippen LogP) is 4.60. The lowest BCUT2D eigenvalue weighted by molar-refractivity contribution is -0.131. The number of halogens is 1. The van der Waals surface area contributed by atoms with E-state index in [2.05, 4.69) is 11.8 Å². The highest BCUT2D eigenvalue weighted by Crippen LogP contribution is 2.33. The lowest BCUT2D eigenvalue weighted by Crippen LogP contribution is -2.34. The number of benzene rings is 1. The quantitative estimate of drug-likeness (QED) is 0.827. The zero-order valence-corrected chi connectivity index (χ0v) is 13.1. The Labute approximate surface area is 131 Å². The molecule has 0 saturated carbocycles. The Morgan fingerprint density at radius 2 is 2.24 bits per heavy atom. The molecule has 2 rings (SSSR count). The van der Waals surface area contributed by atoms with Crippen LogP contribution < -0.4 is 4.90 Å². The SMILES string of the molecule is CCC1CCCCCN1c1cccc(Cl)c1/C=C/C(=O)O. The van der Waals surface area contributed by atoms with Crippen LogP contribution in [0, 0.1) is 0 Å². The molecule has 0 bridgehead atoms. The van der Waals surface area contributed by atoms with E-state index in [-0.39, 0.29) is 0 Å². The van der Waals surface area contributed by atoms with Crippen LogP contribution in [-0.4, -0.2) is 23.7 Å². The van der Waals surface area contributed by atoms with Gasteiger partial charge in [0, 0.05) is 34.9 Å². The van der Waals surface area contributed by atoms with Gasteiger partial charge in [0.2, 0.25) is 0 Å². The van der Waals surface area contributed by atoms with Crippen LogP contribution >= 0.6 is 11.6 Å². The minimum Gasteiger partial charge on any atom is -0.478 e. The lowest BCUT2D eigenvalue weighted by Gasteiger charge is -2.33. The number of hydrogen-bond acceptors (Lipinski definition) is 2. The van der Waals surface area contributed by atoms with E-state index in [1.807, 2.05) is 18.2 Å². The van der Waals surface area contributed by atoms with Crippen molar-refractivity contribution in [3.05, 3.63) is 34.9 Å². The molecule has 1 aliphatic rings. The summed E-state index contributed by atoms with van der Waals surface area (Å²) in [7, 11) is 0. The van der Waals surface area contributed by atoms with E-state index >= 15 is 0 Å². The molecule has 1 heterocycles. The Hall–Kier alpha value is -1.48. The molecule has 1 saturated heterocycles. The van der Waals surface area contributed by atoms with Crippen LogP contribution in [0.15, 0.2) is 24.3 Å². The Bertz CT molecular complexity index is 528. The normalized spacial score (nSPS) is 19.7. The van der Waals surface area contributed by atoms with Crippen molar-refractivity contribution in [2.75, 3.05) is 11.4 Å². The molecule has 114 valence electrons. The van der Waals surface area contributed by atoms with Crippen molar-refractivity contribution < 1.29 is 9.90 Å². The summed E-state index contributed by atoms with van der Waals surface area (Å²) in [5, 5.41) is 9.47. The first kappa shape index (κ1) is 15.9. The molecule has 0 spiro atoms. The average molecular weight is 308 g/mol. The first-order valence-electron chi connectivity index (χ1n) is 7.59. The van der Waals surface area contributed by atoms with Gasteiger partial charge in [0.1, 0.15) is 0 Å². The number of rotatable bonds is 4. The highest BCUT2D eigenvalue weighted by atomic mass is 35.5. The summed E-state index contributed by atoms with van der Waals surface area (Å²) in [4.78, 5) is 13.2. The molecular weight excluding hydrogens is 286 g/mol. The van der Waals surface area contributed by atoms with Crippen molar-refractivity contribution in [2.45, 2.75) is 45.1 Å². The van der Waals surface area contributed by atoms with Crippen LogP contribution in [0.25, 0.3) is 6.08 Å². The van der Waals surface area contributed by atoms with Crippen LogP contribution in [0.4, 0.5) is 5.69 Å². The maximum atomic E-state index is 10.8. The fourth-order valence-corrected chi connectivity index (χ4v) is 3.25. The average Bonchev–Trinajstić information content (AvgIpc) is 2.70. The van der Waals surface area contributed by atoms with Crippen LogP contribution in [0.3, 0.4) is 0 Å². The number of aliphatic carboxylic acids is 1. The van der Waals surface area contributed by atoms with E-state index in [0.29, 0.717) is 11.1 Å². The van der Waals surface area contributed by atoms with Gasteiger partial charge in [-0.3, -0.25) is 0 Å². The Kier molecular flexibility index (Phi) is 5.68. The summed E-state index contributed by atoms with van der Waals surface area (Å²) in [6.07, 6.45) is 8.73. The monoisotopic (exact) mass is 307 g/mol. The van der Waals surface area contributed by atoms with Crippen LogP contribution in [0.2, 0.25) is 5.02 Å². The van der Waals surface area contributed by atoms with Crippen LogP contribution in [-0.2, 0) is 4.79 Å². The van der Waals surface area contributed by atoms with Gasteiger partial charge >= 0.3 is 5.97 Å². The van der Waals surface area contributed by atoms with Crippen molar-refractivity contribution in [3.8, 4) is 0 Å². The number of carbonyl (C=O) groups is 1. The van der Waals surface area contributed by atoms with Crippen molar-refractivity contribution in [1.82, 2.24) is 0 Å². The molecule has 1 aliphatic heterocycles. The van der Waals surface area contributed by atoms with Gasteiger partial charge in [-0.25, -0.2) is 4.79 Å². The molecular formula is C17H22ClNO2. The number of hydrogen-bond donors (Lipinski definition) is 1. The smallest absolute Gasteiger partial charge is 0.328 e. The number of nitrogens with zero attached hydrogens (tertiary/aromatic N) is 1. The summed E-state index contributed by atoms with van der Waals surface area (Å²) in [6, 6.07) is 6.29. The summed E-state index contributed by atoms with van der Waals surface area (Å²) >= 11 is 6.29. The highest BCUT2D eigenvalue weighted by molar-refractivity contribution is 6.32. The second kappa shape index (κ2) is 7.51. The summed E-state index contributed by atoms with van der Waals surface area (Å²) < 4.78 is 0. The zero-order valence-electron chi connectivity index (χ0n) is 12.4. The molecule has 3 nitrogen and oxygen atoms in total. The fourth-order valence-electron chi connectivity index (χ4n) is 3.01. The van der Waals surface area contributed by atoms with Crippen molar-refractivity contribution in [2.24, 2.45) is 0 Å². The van der Waals surface area contributed by atoms with E-state index in [4.69, 9.17) is 16.7 Å². The first-order valence-corrected chi connectivity index (χ1v) is 7.97. The molecule has 0 amide bonds. The summed E-state index contributed by atoms with van der Waals surface area (Å²) in [6.45, 7) is 3.22. The molecule has 0 radical (unpaired) electrons. The van der Waals surface area contributed by atoms with Crippen LogP contribution in [0.5, 0.6) is 0 Å². The zero-order chi connectivity index (χ0) is 15.2. The van der Waals surface area contributed by atoms with Gasteiger partial charge in [-0.1, -0.05) is 37.4 Å². The summed E-state index contributed by atoms with van der Waals surface area (Å²) in [5.41, 5.74) is 1.86. The second-order valence-corrected chi connectivity index (χ2v) is 5.86. The summed E-state index contributed by atoms with van der Waals surface area (Å²) in [5.74, 6) is -0.955. The van der Waals surface area contributed by atoms with Gasteiger partial charge < -0.3 is 10.0 Å². The van der Waals surface area contributed by atoms with Gasteiger partial charge in [0.25, 0.3) is 0 Å². The molecule has 0 aliphatic carbocycles. The lowest BCUT2D eigenvalue weighted by atomic mass is 10.0. The van der Waals surface area contributed by atoms with E-state index in [1.165, 1.54) is 25.7 Å². The predicted molar refractivity (Wildman–Crippen MR) is 88.0 cm³/mol. The van der Waals surface area contributed by atoms with Gasteiger partial charge in [0.05, 0.1) is 0 Å². The molecule has 21 heavy (non-hydrogen) atoms. The van der Waals surface area contributed by atoms with Gasteiger partial charge in [-0.05, 0) is 37.5 Å². The fraction of sp³-hybridized carbons (Fsp3) is 0.471. The molecule has 1 unspecified atom stereocenters. The third kappa shape index (κ3) is 4.01. The Morgan fingerprint density at radius 3 is 2.95 bits per heavy atom. The van der Waals surface area contributed by atoms with Gasteiger partial charge in [-0.15, -0.1) is 0 Å². The number of carboxylic acid groups (broad SMARTS) is 1. The number of anilines is 1. The minimum absolute atomic E-state index is 0.503. The van der Waals surface area contributed by atoms with E-state index in [0.717, 1.165) is 30.3 Å². The maximum absolute atomic E-state index is 10.8. The third-order valence-electron chi connectivity index (χ3n) is 4.08. The Morgan fingerprint density at radius 1 is 1.43 bits per heavy atom. The van der Waals surface area contributed by atoms with E-state index in [9.17, 15) is 4.79 Å². The largest absolute Gasteiger partial charge is 0.478 e. The molecule has 4 heteroatoms. The van der Waals surface area contributed by atoms with Gasteiger partial charge in [-0.2, -0.15) is 0 Å². The number of carboxylic acids is 1. The second-order valence-electron chi connectivity index (χ2n) is 5.45. The van der Waals surface area contributed by atoms with E-state index < -0.39 is 5.97 Å². The Balaban J connectivity index is 2.41. The highest BCUT2D eigenvalue weighted by Gasteiger charge is 2.22. The minimum atomic E-state index is -0.955. The topological polar surface area (TPSA) is 40.5 Å². The third-order valence-corrected chi connectivity index (χ3v) is 4.41. The standard InChI is InChI=1S/C17H22ClNO2/c1-2-13-7-4-3-5-12-19(13)16-9-6-8-15(18)14(16)10-11-17(20)21/h6,8-11,13H,2-5,7,12H2,1H3,(H,20,21)/b11-10+.